The molecular formula is C17H13Cl2F2N5O5. The monoisotopic (exact) mass is 475 g/mol. The van der Waals surface area contributed by atoms with E-state index < -0.39 is 23.7 Å². The fourth-order valence-corrected chi connectivity index (χ4v) is 3.03. The van der Waals surface area contributed by atoms with Crippen molar-refractivity contribution in [2.75, 3.05) is 0 Å². The van der Waals surface area contributed by atoms with Crippen LogP contribution in [0.5, 0.6) is 17.5 Å². The van der Waals surface area contributed by atoms with Crippen LogP contribution in [0.1, 0.15) is 25.3 Å². The number of alkyl halides is 2. The van der Waals surface area contributed by atoms with Crippen LogP contribution >= 0.6 is 23.2 Å². The first-order valence-electron chi connectivity index (χ1n) is 8.52. The summed E-state index contributed by atoms with van der Waals surface area (Å²) >= 11 is 12.4. The topological polar surface area (TPSA) is 132 Å². The molecular weight excluding hydrogens is 463 g/mol. The van der Waals surface area contributed by atoms with Crippen LogP contribution < -0.4 is 26.3 Å². The third-order valence-corrected chi connectivity index (χ3v) is 4.43. The number of ether oxygens (including phenoxy) is 2. The van der Waals surface area contributed by atoms with E-state index in [0.29, 0.717) is 10.2 Å². The zero-order chi connectivity index (χ0) is 22.9. The van der Waals surface area contributed by atoms with E-state index in [4.69, 9.17) is 27.9 Å². The summed E-state index contributed by atoms with van der Waals surface area (Å²) in [6.07, 6.45) is 0. The highest BCUT2D eigenvalue weighted by atomic mass is 35.5. The highest BCUT2D eigenvalue weighted by Gasteiger charge is 2.18. The molecule has 2 aromatic heterocycles. The SMILES string of the molecule is CC(C)c1cc(Oc2c(Cl)cc(-n3nc(OC(F)F)c(=O)[nH]c3=O)cc2Cl)n[nH]c1=O. The number of aromatic amines is 2. The molecule has 0 saturated carbocycles. The summed E-state index contributed by atoms with van der Waals surface area (Å²) in [5.74, 6) is -1.18. The molecule has 0 radical (unpaired) electrons. The van der Waals surface area contributed by atoms with Crippen LogP contribution in [0.15, 0.2) is 32.6 Å². The molecule has 2 heterocycles. The summed E-state index contributed by atoms with van der Waals surface area (Å²) in [6, 6.07) is 3.80. The number of benzene rings is 1. The fourth-order valence-electron chi connectivity index (χ4n) is 2.47. The molecule has 3 aromatic rings. The van der Waals surface area contributed by atoms with Crippen LogP contribution in [0.4, 0.5) is 8.78 Å². The number of halogens is 4. The molecule has 0 amide bonds. The van der Waals surface area contributed by atoms with Gasteiger partial charge in [0.05, 0.1) is 15.7 Å². The summed E-state index contributed by atoms with van der Waals surface area (Å²) in [5.41, 5.74) is -2.30. The van der Waals surface area contributed by atoms with Crippen molar-refractivity contribution in [3.63, 3.8) is 0 Å². The Bertz CT molecular complexity index is 1280. The maximum atomic E-state index is 12.4. The van der Waals surface area contributed by atoms with Crippen molar-refractivity contribution in [2.24, 2.45) is 0 Å². The lowest BCUT2D eigenvalue weighted by molar-refractivity contribution is -0.0549. The van der Waals surface area contributed by atoms with E-state index in [9.17, 15) is 23.2 Å². The van der Waals surface area contributed by atoms with Gasteiger partial charge in [0, 0.05) is 11.6 Å². The maximum Gasteiger partial charge on any atom is 0.388 e. The Labute approximate surface area is 181 Å². The lowest BCUT2D eigenvalue weighted by Gasteiger charge is -2.12. The molecule has 0 bridgehead atoms. The molecule has 14 heteroatoms. The van der Waals surface area contributed by atoms with Gasteiger partial charge in [0.15, 0.2) is 5.75 Å². The van der Waals surface area contributed by atoms with Gasteiger partial charge >= 0.3 is 23.7 Å². The second kappa shape index (κ2) is 8.86. The molecule has 3 rings (SSSR count). The second-order valence-corrected chi connectivity index (χ2v) is 7.16. The first kappa shape index (κ1) is 22.4. The minimum absolute atomic E-state index is 0.00630. The smallest absolute Gasteiger partial charge is 0.388 e. The molecule has 0 unspecified atom stereocenters. The minimum atomic E-state index is -3.33. The third-order valence-electron chi connectivity index (χ3n) is 3.86. The molecule has 10 nitrogen and oxygen atoms in total. The molecule has 0 aliphatic rings. The van der Waals surface area contributed by atoms with Gasteiger partial charge in [0.25, 0.3) is 5.56 Å². The van der Waals surface area contributed by atoms with Crippen molar-refractivity contribution in [1.29, 1.82) is 0 Å². The summed E-state index contributed by atoms with van der Waals surface area (Å²) < 4.78 is 35.0. The number of nitrogens with zero attached hydrogens (tertiary/aromatic N) is 3. The number of rotatable bonds is 6. The number of hydrogen-bond donors (Lipinski definition) is 2. The molecule has 164 valence electrons. The highest BCUT2D eigenvalue weighted by Crippen LogP contribution is 2.37. The van der Waals surface area contributed by atoms with Crippen molar-refractivity contribution in [1.82, 2.24) is 25.0 Å². The van der Waals surface area contributed by atoms with Gasteiger partial charge in [-0.1, -0.05) is 37.0 Å². The Morgan fingerprint density at radius 3 is 2.29 bits per heavy atom. The van der Waals surface area contributed by atoms with Crippen LogP contribution in [0.25, 0.3) is 5.69 Å². The van der Waals surface area contributed by atoms with Crippen molar-refractivity contribution < 1.29 is 18.3 Å². The van der Waals surface area contributed by atoms with Gasteiger partial charge in [0.1, 0.15) is 0 Å². The molecule has 0 spiro atoms. The fraction of sp³-hybridized carbons (Fsp3) is 0.235. The predicted octanol–water partition coefficient (Wildman–Crippen LogP) is 2.83. The van der Waals surface area contributed by atoms with Crippen molar-refractivity contribution in [2.45, 2.75) is 26.4 Å². The Morgan fingerprint density at radius 1 is 1.06 bits per heavy atom. The largest absolute Gasteiger partial charge is 0.434 e. The van der Waals surface area contributed by atoms with E-state index in [-0.39, 0.29) is 38.8 Å². The molecule has 1 aromatic carbocycles. The van der Waals surface area contributed by atoms with E-state index in [1.54, 1.807) is 4.98 Å². The standard InChI is InChI=1S/C17H13Cl2F2N5O5/c1-6(2)8-5-11(23-24-13(8)27)30-12-9(18)3-7(4-10(12)19)26-17(29)22-14(28)15(25-26)31-16(20)21/h3-6,16H,1-2H3,(H,24,27)(H,22,28,29). The van der Waals surface area contributed by atoms with E-state index >= 15 is 0 Å². The van der Waals surface area contributed by atoms with Crippen LogP contribution in [-0.2, 0) is 0 Å². The maximum absolute atomic E-state index is 12.4. The van der Waals surface area contributed by atoms with Crippen LogP contribution in [0, 0.1) is 0 Å². The number of aromatic nitrogens is 5. The lowest BCUT2D eigenvalue weighted by atomic mass is 10.1. The highest BCUT2D eigenvalue weighted by molar-refractivity contribution is 6.37. The van der Waals surface area contributed by atoms with E-state index in [0.717, 1.165) is 0 Å². The van der Waals surface area contributed by atoms with Crippen LogP contribution in [0.3, 0.4) is 0 Å². The van der Waals surface area contributed by atoms with Crippen molar-refractivity contribution in [3.05, 3.63) is 65.0 Å². The van der Waals surface area contributed by atoms with E-state index in [1.807, 2.05) is 13.8 Å². The average molecular weight is 476 g/mol. The summed E-state index contributed by atoms with van der Waals surface area (Å²) in [5, 5.41) is 9.34. The summed E-state index contributed by atoms with van der Waals surface area (Å²) in [7, 11) is 0. The first-order valence-corrected chi connectivity index (χ1v) is 9.27. The molecule has 0 fully saturated rings. The molecule has 0 atom stereocenters. The number of nitrogens with one attached hydrogen (secondary N) is 2. The van der Waals surface area contributed by atoms with Gasteiger partial charge in [0.2, 0.25) is 5.88 Å². The minimum Gasteiger partial charge on any atom is -0.434 e. The van der Waals surface area contributed by atoms with Crippen molar-refractivity contribution >= 4 is 23.2 Å². The van der Waals surface area contributed by atoms with Gasteiger partial charge in [-0.3, -0.25) is 14.6 Å². The van der Waals surface area contributed by atoms with E-state index in [1.165, 1.54) is 18.2 Å². The molecule has 0 saturated heterocycles. The van der Waals surface area contributed by atoms with Gasteiger partial charge in [-0.05, 0) is 18.1 Å². The average Bonchev–Trinajstić information content (AvgIpc) is 2.67. The predicted molar refractivity (Wildman–Crippen MR) is 106 cm³/mol. The molecule has 31 heavy (non-hydrogen) atoms. The number of H-pyrrole nitrogens is 2. The Hall–Kier alpha value is -3.25. The lowest BCUT2D eigenvalue weighted by Crippen LogP contribution is -2.33. The van der Waals surface area contributed by atoms with Gasteiger partial charge in [-0.2, -0.15) is 13.5 Å². The molecule has 2 N–H and O–H groups in total. The number of hydrogen-bond acceptors (Lipinski definition) is 7. The first-order chi connectivity index (χ1) is 14.6. The molecule has 0 aliphatic heterocycles. The second-order valence-electron chi connectivity index (χ2n) is 6.34. The van der Waals surface area contributed by atoms with Crippen LogP contribution in [-0.4, -0.2) is 31.6 Å². The zero-order valence-corrected chi connectivity index (χ0v) is 17.3. The summed E-state index contributed by atoms with van der Waals surface area (Å²) in [4.78, 5) is 37.2. The van der Waals surface area contributed by atoms with Gasteiger partial charge < -0.3 is 9.47 Å². The Kier molecular flexibility index (Phi) is 6.41. The Balaban J connectivity index is 2.02. The van der Waals surface area contributed by atoms with Gasteiger partial charge in [-0.25, -0.2) is 9.89 Å². The van der Waals surface area contributed by atoms with E-state index in [2.05, 4.69) is 20.0 Å². The summed E-state index contributed by atoms with van der Waals surface area (Å²) in [6.45, 7) is 0.289. The van der Waals surface area contributed by atoms with Crippen molar-refractivity contribution in [3.8, 4) is 23.2 Å². The molecule has 0 aliphatic carbocycles. The third kappa shape index (κ3) is 4.91. The van der Waals surface area contributed by atoms with Crippen LogP contribution in [0.2, 0.25) is 10.0 Å². The van der Waals surface area contributed by atoms with Gasteiger partial charge in [-0.15, -0.1) is 10.2 Å². The normalized spacial score (nSPS) is 11.2. The quantitative estimate of drug-likeness (QED) is 0.559. The Morgan fingerprint density at radius 2 is 1.71 bits per heavy atom. The zero-order valence-electron chi connectivity index (χ0n) is 15.8.